The predicted molar refractivity (Wildman–Crippen MR) is 109 cm³/mol. The van der Waals surface area contributed by atoms with Gasteiger partial charge in [-0.3, -0.25) is 4.79 Å². The Hall–Kier alpha value is -3.09. The third kappa shape index (κ3) is 5.25. The van der Waals surface area contributed by atoms with Gasteiger partial charge in [0.2, 0.25) is 10.0 Å². The van der Waals surface area contributed by atoms with Crippen molar-refractivity contribution < 1.29 is 22.7 Å². The van der Waals surface area contributed by atoms with E-state index < -0.39 is 15.9 Å². The molecule has 0 saturated heterocycles. The molecule has 8 nitrogen and oxygen atoms in total. The van der Waals surface area contributed by atoms with E-state index in [1.165, 1.54) is 29.6 Å². The van der Waals surface area contributed by atoms with Crippen LogP contribution in [0, 0.1) is 11.3 Å². The van der Waals surface area contributed by atoms with E-state index in [1.54, 1.807) is 38.1 Å². The summed E-state index contributed by atoms with van der Waals surface area (Å²) in [5, 5.41) is 11.3. The molecule has 2 aromatic carbocycles. The number of carbonyl (C=O) groups is 1. The Morgan fingerprint density at radius 3 is 2.52 bits per heavy atom. The SMILES string of the molecule is CCN(CC)S(=O)(=O)c1cc(C(=O)Nc2cccc(OCC#N)c2)ccc1OC. The van der Waals surface area contributed by atoms with Gasteiger partial charge >= 0.3 is 0 Å². The zero-order valence-electron chi connectivity index (χ0n) is 16.5. The molecule has 9 heteroatoms. The highest BCUT2D eigenvalue weighted by atomic mass is 32.2. The third-order valence-corrected chi connectivity index (χ3v) is 6.22. The zero-order valence-corrected chi connectivity index (χ0v) is 17.3. The summed E-state index contributed by atoms with van der Waals surface area (Å²) in [7, 11) is -2.43. The normalized spacial score (nSPS) is 11.0. The van der Waals surface area contributed by atoms with Gasteiger partial charge in [-0.25, -0.2) is 8.42 Å². The molecule has 0 aliphatic heterocycles. The largest absolute Gasteiger partial charge is 0.495 e. The summed E-state index contributed by atoms with van der Waals surface area (Å²) in [6.07, 6.45) is 0. The minimum absolute atomic E-state index is 0.0672. The van der Waals surface area contributed by atoms with E-state index >= 15 is 0 Å². The van der Waals surface area contributed by atoms with E-state index in [4.69, 9.17) is 14.7 Å². The van der Waals surface area contributed by atoms with Crippen molar-refractivity contribution in [2.24, 2.45) is 0 Å². The van der Waals surface area contributed by atoms with Gasteiger partial charge < -0.3 is 14.8 Å². The van der Waals surface area contributed by atoms with Crippen LogP contribution in [0.25, 0.3) is 0 Å². The number of benzene rings is 2. The van der Waals surface area contributed by atoms with Gasteiger partial charge in [-0.2, -0.15) is 9.57 Å². The summed E-state index contributed by atoms with van der Waals surface area (Å²) in [5.74, 6) is 0.116. The molecule has 154 valence electrons. The third-order valence-electron chi connectivity index (χ3n) is 4.14. The topological polar surface area (TPSA) is 109 Å². The summed E-state index contributed by atoms with van der Waals surface area (Å²) in [4.78, 5) is 12.6. The standard InChI is InChI=1S/C20H23N3O5S/c1-4-23(5-2)29(25,26)19-13-15(9-10-18(19)27-3)20(24)22-16-7-6-8-17(14-16)28-12-11-21/h6-10,13-14H,4-5,12H2,1-3H3,(H,22,24). The van der Waals surface area contributed by atoms with Crippen molar-refractivity contribution in [3.63, 3.8) is 0 Å². The first-order valence-electron chi connectivity index (χ1n) is 8.96. The van der Waals surface area contributed by atoms with Crippen LogP contribution in [0.15, 0.2) is 47.4 Å². The van der Waals surface area contributed by atoms with Crippen LogP contribution in [0.1, 0.15) is 24.2 Å². The number of nitrogens with zero attached hydrogens (tertiary/aromatic N) is 2. The molecule has 0 fully saturated rings. The maximum absolute atomic E-state index is 12.9. The van der Waals surface area contributed by atoms with Crippen molar-refractivity contribution in [1.29, 1.82) is 5.26 Å². The van der Waals surface area contributed by atoms with Crippen LogP contribution < -0.4 is 14.8 Å². The molecule has 0 aliphatic rings. The van der Waals surface area contributed by atoms with Crippen LogP contribution >= 0.6 is 0 Å². The van der Waals surface area contributed by atoms with Crippen molar-refractivity contribution in [2.75, 3.05) is 32.1 Å². The van der Waals surface area contributed by atoms with Gasteiger partial charge in [-0.15, -0.1) is 0 Å². The Labute approximate surface area is 170 Å². The summed E-state index contributed by atoms with van der Waals surface area (Å²) >= 11 is 0. The molecule has 0 atom stereocenters. The molecule has 0 saturated carbocycles. The minimum atomic E-state index is -3.81. The molecule has 0 radical (unpaired) electrons. The molecule has 2 rings (SSSR count). The second kappa shape index (κ2) is 9.91. The lowest BCUT2D eigenvalue weighted by Gasteiger charge is -2.20. The lowest BCUT2D eigenvalue weighted by atomic mass is 10.2. The lowest BCUT2D eigenvalue weighted by Crippen LogP contribution is -2.31. The van der Waals surface area contributed by atoms with Gasteiger partial charge in [0.05, 0.1) is 7.11 Å². The molecular formula is C20H23N3O5S. The van der Waals surface area contributed by atoms with E-state index in [2.05, 4.69) is 5.32 Å². The van der Waals surface area contributed by atoms with E-state index in [9.17, 15) is 13.2 Å². The highest BCUT2D eigenvalue weighted by Crippen LogP contribution is 2.28. The number of carbonyl (C=O) groups excluding carboxylic acids is 1. The molecule has 0 heterocycles. The molecular weight excluding hydrogens is 394 g/mol. The fraction of sp³-hybridized carbons (Fsp3) is 0.300. The van der Waals surface area contributed by atoms with E-state index in [0.29, 0.717) is 24.5 Å². The zero-order chi connectivity index (χ0) is 21.4. The molecule has 2 aromatic rings. The Balaban J connectivity index is 2.34. The summed E-state index contributed by atoms with van der Waals surface area (Å²) in [6.45, 7) is 3.97. The van der Waals surface area contributed by atoms with Crippen LogP contribution in [0.5, 0.6) is 11.5 Å². The molecule has 0 unspecified atom stereocenters. The number of anilines is 1. The van der Waals surface area contributed by atoms with Crippen LogP contribution in [0.4, 0.5) is 5.69 Å². The Morgan fingerprint density at radius 2 is 1.90 bits per heavy atom. The van der Waals surface area contributed by atoms with Gasteiger partial charge in [0.1, 0.15) is 22.5 Å². The number of nitriles is 1. The van der Waals surface area contributed by atoms with Gasteiger partial charge in [-0.1, -0.05) is 19.9 Å². The van der Waals surface area contributed by atoms with Crippen LogP contribution in [-0.2, 0) is 10.0 Å². The molecule has 0 aliphatic carbocycles. The average Bonchev–Trinajstić information content (AvgIpc) is 2.72. The fourth-order valence-corrected chi connectivity index (χ4v) is 4.34. The van der Waals surface area contributed by atoms with Gasteiger partial charge in [-0.05, 0) is 30.3 Å². The van der Waals surface area contributed by atoms with Gasteiger partial charge in [0.25, 0.3) is 5.91 Å². The minimum Gasteiger partial charge on any atom is -0.495 e. The Morgan fingerprint density at radius 1 is 1.17 bits per heavy atom. The van der Waals surface area contributed by atoms with E-state index in [0.717, 1.165) is 0 Å². The Kier molecular flexibility index (Phi) is 7.59. The number of sulfonamides is 1. The summed E-state index contributed by atoms with van der Waals surface area (Å²) < 4.78 is 37.6. The number of rotatable bonds is 9. The first-order chi connectivity index (χ1) is 13.9. The highest BCUT2D eigenvalue weighted by molar-refractivity contribution is 7.89. The number of nitrogens with one attached hydrogen (secondary N) is 1. The maximum atomic E-state index is 12.9. The Bertz CT molecular complexity index is 1010. The van der Waals surface area contributed by atoms with Crippen molar-refractivity contribution in [2.45, 2.75) is 18.7 Å². The van der Waals surface area contributed by atoms with E-state index in [1.807, 2.05) is 6.07 Å². The number of methoxy groups -OCH3 is 1. The number of hydrogen-bond donors (Lipinski definition) is 1. The summed E-state index contributed by atoms with van der Waals surface area (Å²) in [5.41, 5.74) is 0.620. The monoisotopic (exact) mass is 417 g/mol. The van der Waals surface area contributed by atoms with Crippen molar-refractivity contribution in [1.82, 2.24) is 4.31 Å². The lowest BCUT2D eigenvalue weighted by molar-refractivity contribution is 0.102. The first-order valence-corrected chi connectivity index (χ1v) is 10.4. The maximum Gasteiger partial charge on any atom is 0.255 e. The molecule has 1 N–H and O–H groups in total. The average molecular weight is 417 g/mol. The predicted octanol–water partition coefficient (Wildman–Crippen LogP) is 2.88. The first kappa shape index (κ1) is 22.2. The number of ether oxygens (including phenoxy) is 2. The molecule has 0 aromatic heterocycles. The molecule has 0 spiro atoms. The molecule has 29 heavy (non-hydrogen) atoms. The number of amides is 1. The molecule has 0 bridgehead atoms. The van der Waals surface area contributed by atoms with Crippen molar-refractivity contribution in [3.8, 4) is 17.6 Å². The van der Waals surface area contributed by atoms with E-state index in [-0.39, 0.29) is 22.8 Å². The second-order valence-corrected chi connectivity index (χ2v) is 7.79. The quantitative estimate of drug-likeness (QED) is 0.672. The highest BCUT2D eigenvalue weighted by Gasteiger charge is 2.26. The summed E-state index contributed by atoms with van der Waals surface area (Å²) in [6, 6.07) is 12.7. The van der Waals surface area contributed by atoms with Crippen molar-refractivity contribution >= 4 is 21.6 Å². The molecule has 1 amide bonds. The van der Waals surface area contributed by atoms with Crippen molar-refractivity contribution in [3.05, 3.63) is 48.0 Å². The van der Waals surface area contributed by atoms with Crippen LogP contribution in [0.2, 0.25) is 0 Å². The number of hydrogen-bond acceptors (Lipinski definition) is 6. The van der Waals surface area contributed by atoms with Crippen LogP contribution in [-0.4, -0.2) is 45.4 Å². The smallest absolute Gasteiger partial charge is 0.255 e. The van der Waals surface area contributed by atoms with Gasteiger partial charge in [0.15, 0.2) is 6.61 Å². The fourth-order valence-electron chi connectivity index (χ4n) is 2.70. The van der Waals surface area contributed by atoms with Crippen LogP contribution in [0.3, 0.4) is 0 Å². The second-order valence-electron chi connectivity index (χ2n) is 5.88. The van der Waals surface area contributed by atoms with Gasteiger partial charge in [0, 0.05) is 30.4 Å².